The third-order valence-electron chi connectivity index (χ3n) is 6.35. The molecular formula is C22H31N3O2. The fourth-order valence-corrected chi connectivity index (χ4v) is 4.97. The number of carbonyl (C=O) groups excluding carboxylic acids is 2. The van der Waals surface area contributed by atoms with Gasteiger partial charge in [0.15, 0.2) is 0 Å². The first-order valence-corrected chi connectivity index (χ1v) is 10.6. The molecule has 3 fully saturated rings. The van der Waals surface area contributed by atoms with E-state index < -0.39 is 0 Å². The van der Waals surface area contributed by atoms with Crippen molar-refractivity contribution < 1.29 is 9.59 Å². The molecule has 1 aromatic carbocycles. The molecule has 2 amide bonds. The number of nitrogens with one attached hydrogen (secondary N) is 2. The second-order valence-corrected chi connectivity index (χ2v) is 8.51. The number of carbonyl (C=O) groups is 2. The highest BCUT2D eigenvalue weighted by Crippen LogP contribution is 2.32. The lowest BCUT2D eigenvalue weighted by Gasteiger charge is -2.28. The number of benzene rings is 1. The largest absolute Gasteiger partial charge is 0.339 e. The number of piperidine rings is 1. The van der Waals surface area contributed by atoms with Crippen molar-refractivity contribution in [1.82, 2.24) is 10.2 Å². The maximum absolute atomic E-state index is 12.6. The van der Waals surface area contributed by atoms with Gasteiger partial charge in [-0.1, -0.05) is 12.8 Å². The highest BCUT2D eigenvalue weighted by Gasteiger charge is 2.34. The van der Waals surface area contributed by atoms with Crippen molar-refractivity contribution in [3.8, 4) is 0 Å². The summed E-state index contributed by atoms with van der Waals surface area (Å²) in [6.07, 6.45) is 9.98. The van der Waals surface area contributed by atoms with Gasteiger partial charge in [-0.05, 0) is 68.7 Å². The summed E-state index contributed by atoms with van der Waals surface area (Å²) in [5.41, 5.74) is 1.49. The molecule has 27 heavy (non-hydrogen) atoms. The van der Waals surface area contributed by atoms with E-state index in [0.29, 0.717) is 30.0 Å². The smallest absolute Gasteiger partial charge is 0.253 e. The Labute approximate surface area is 161 Å². The molecular weight excluding hydrogens is 338 g/mol. The SMILES string of the molecule is O=C(CC1CC2CCC(C1)N2)Nc1ccc(C(=O)N2CCCCCC2)cc1. The molecule has 2 N–H and O–H groups in total. The van der Waals surface area contributed by atoms with Crippen molar-refractivity contribution in [2.45, 2.75) is 69.9 Å². The molecule has 0 radical (unpaired) electrons. The molecule has 2 bridgehead atoms. The predicted octanol–water partition coefficient (Wildman–Crippen LogP) is 3.56. The van der Waals surface area contributed by atoms with Gasteiger partial charge in [0.05, 0.1) is 0 Å². The van der Waals surface area contributed by atoms with Crippen LogP contribution in [0.15, 0.2) is 24.3 Å². The molecule has 146 valence electrons. The topological polar surface area (TPSA) is 61.4 Å². The first kappa shape index (κ1) is 18.5. The van der Waals surface area contributed by atoms with Gasteiger partial charge < -0.3 is 15.5 Å². The van der Waals surface area contributed by atoms with E-state index in [4.69, 9.17) is 0 Å². The monoisotopic (exact) mass is 369 g/mol. The van der Waals surface area contributed by atoms with Gasteiger partial charge in [0.25, 0.3) is 5.91 Å². The Morgan fingerprint density at radius 3 is 2.22 bits per heavy atom. The Bertz CT molecular complexity index is 653. The highest BCUT2D eigenvalue weighted by molar-refractivity contribution is 5.95. The van der Waals surface area contributed by atoms with Crippen LogP contribution in [-0.4, -0.2) is 41.9 Å². The normalized spacial score (nSPS) is 27.9. The van der Waals surface area contributed by atoms with E-state index in [0.717, 1.165) is 44.5 Å². The molecule has 3 aliphatic rings. The van der Waals surface area contributed by atoms with Gasteiger partial charge in [-0.3, -0.25) is 9.59 Å². The van der Waals surface area contributed by atoms with Gasteiger partial charge >= 0.3 is 0 Å². The number of nitrogens with zero attached hydrogens (tertiary/aromatic N) is 1. The Hall–Kier alpha value is -1.88. The van der Waals surface area contributed by atoms with E-state index in [1.54, 1.807) is 0 Å². The highest BCUT2D eigenvalue weighted by atomic mass is 16.2. The van der Waals surface area contributed by atoms with Crippen LogP contribution in [0.4, 0.5) is 5.69 Å². The van der Waals surface area contributed by atoms with Crippen molar-refractivity contribution in [3.05, 3.63) is 29.8 Å². The fraction of sp³-hybridized carbons (Fsp3) is 0.636. The van der Waals surface area contributed by atoms with Gasteiger partial charge in [0.1, 0.15) is 0 Å². The number of fused-ring (bicyclic) bond motifs is 2. The number of likely N-dealkylation sites (tertiary alicyclic amines) is 1. The number of hydrogen-bond donors (Lipinski definition) is 2. The lowest BCUT2D eigenvalue weighted by molar-refractivity contribution is -0.117. The number of amides is 2. The summed E-state index contributed by atoms with van der Waals surface area (Å²) in [6.45, 7) is 1.71. The minimum Gasteiger partial charge on any atom is -0.339 e. The van der Waals surface area contributed by atoms with Crippen molar-refractivity contribution in [3.63, 3.8) is 0 Å². The third kappa shape index (κ3) is 4.70. The number of rotatable bonds is 4. The summed E-state index contributed by atoms with van der Waals surface area (Å²) >= 11 is 0. The summed E-state index contributed by atoms with van der Waals surface area (Å²) in [4.78, 5) is 27.0. The van der Waals surface area contributed by atoms with E-state index in [1.807, 2.05) is 29.2 Å². The molecule has 2 atom stereocenters. The maximum Gasteiger partial charge on any atom is 0.253 e. The Balaban J connectivity index is 1.29. The first-order valence-electron chi connectivity index (χ1n) is 10.6. The summed E-state index contributed by atoms with van der Waals surface area (Å²) < 4.78 is 0. The van der Waals surface area contributed by atoms with Gasteiger partial charge in [-0.2, -0.15) is 0 Å². The average Bonchev–Trinajstić information content (AvgIpc) is 2.87. The van der Waals surface area contributed by atoms with Gasteiger partial charge in [0.2, 0.25) is 5.91 Å². The van der Waals surface area contributed by atoms with E-state index >= 15 is 0 Å². The fourth-order valence-electron chi connectivity index (χ4n) is 4.97. The van der Waals surface area contributed by atoms with Crippen LogP contribution in [0.5, 0.6) is 0 Å². The Kier molecular flexibility index (Phi) is 5.77. The van der Waals surface area contributed by atoms with Gasteiger partial charge in [0, 0.05) is 42.8 Å². The van der Waals surface area contributed by atoms with E-state index in [-0.39, 0.29) is 11.8 Å². The molecule has 0 saturated carbocycles. The minimum absolute atomic E-state index is 0.0906. The van der Waals surface area contributed by atoms with Crippen molar-refractivity contribution in [1.29, 1.82) is 0 Å². The number of anilines is 1. The molecule has 2 unspecified atom stereocenters. The molecule has 0 aromatic heterocycles. The van der Waals surface area contributed by atoms with Crippen LogP contribution in [-0.2, 0) is 4.79 Å². The van der Waals surface area contributed by atoms with Crippen LogP contribution in [0.25, 0.3) is 0 Å². The zero-order valence-corrected chi connectivity index (χ0v) is 16.1. The quantitative estimate of drug-likeness (QED) is 0.853. The lowest BCUT2D eigenvalue weighted by Crippen LogP contribution is -2.39. The van der Waals surface area contributed by atoms with Crippen molar-refractivity contribution >= 4 is 17.5 Å². The molecule has 1 aromatic rings. The number of hydrogen-bond acceptors (Lipinski definition) is 3. The van der Waals surface area contributed by atoms with E-state index in [2.05, 4.69) is 10.6 Å². The molecule has 3 heterocycles. The summed E-state index contributed by atoms with van der Waals surface area (Å²) in [5, 5.41) is 6.63. The Morgan fingerprint density at radius 2 is 1.59 bits per heavy atom. The zero-order valence-electron chi connectivity index (χ0n) is 16.1. The molecule has 3 aliphatic heterocycles. The Morgan fingerprint density at radius 1 is 0.963 bits per heavy atom. The molecule has 5 heteroatoms. The average molecular weight is 370 g/mol. The maximum atomic E-state index is 12.6. The zero-order chi connectivity index (χ0) is 18.6. The molecule has 0 spiro atoms. The van der Waals surface area contributed by atoms with Crippen LogP contribution in [0.2, 0.25) is 0 Å². The van der Waals surface area contributed by atoms with Crippen LogP contribution >= 0.6 is 0 Å². The first-order chi connectivity index (χ1) is 13.2. The molecule has 5 nitrogen and oxygen atoms in total. The lowest BCUT2D eigenvalue weighted by atomic mass is 9.89. The summed E-state index contributed by atoms with van der Waals surface area (Å²) in [7, 11) is 0. The van der Waals surface area contributed by atoms with Crippen LogP contribution in [0.3, 0.4) is 0 Å². The van der Waals surface area contributed by atoms with Gasteiger partial charge in [-0.25, -0.2) is 0 Å². The van der Waals surface area contributed by atoms with E-state index in [1.165, 1.54) is 25.7 Å². The van der Waals surface area contributed by atoms with Crippen molar-refractivity contribution in [2.24, 2.45) is 5.92 Å². The standard InChI is InChI=1S/C22H31N3O2/c26-21(15-16-13-19-9-10-20(14-16)23-19)24-18-7-5-17(6-8-18)22(27)25-11-3-1-2-4-12-25/h5-8,16,19-20,23H,1-4,9-15H2,(H,24,26). The second kappa shape index (κ2) is 8.42. The predicted molar refractivity (Wildman–Crippen MR) is 107 cm³/mol. The van der Waals surface area contributed by atoms with Crippen LogP contribution < -0.4 is 10.6 Å². The molecule has 4 rings (SSSR count). The van der Waals surface area contributed by atoms with Crippen molar-refractivity contribution in [2.75, 3.05) is 18.4 Å². The molecule has 0 aliphatic carbocycles. The summed E-state index contributed by atoms with van der Waals surface area (Å²) in [5.74, 6) is 0.695. The third-order valence-corrected chi connectivity index (χ3v) is 6.35. The van der Waals surface area contributed by atoms with Gasteiger partial charge in [-0.15, -0.1) is 0 Å². The van der Waals surface area contributed by atoms with E-state index in [9.17, 15) is 9.59 Å². The van der Waals surface area contributed by atoms with Crippen LogP contribution in [0, 0.1) is 5.92 Å². The molecule has 3 saturated heterocycles. The second-order valence-electron chi connectivity index (χ2n) is 8.51. The van der Waals surface area contributed by atoms with Crippen LogP contribution in [0.1, 0.15) is 68.1 Å². The summed E-state index contributed by atoms with van der Waals surface area (Å²) in [6, 6.07) is 8.63. The minimum atomic E-state index is 0.0906.